The van der Waals surface area contributed by atoms with Crippen molar-refractivity contribution < 1.29 is 9.59 Å². The number of pyridine rings is 1. The van der Waals surface area contributed by atoms with E-state index in [1.165, 1.54) is 0 Å². The van der Waals surface area contributed by atoms with Crippen molar-refractivity contribution in [1.82, 2.24) is 25.0 Å². The molecule has 0 fully saturated rings. The lowest BCUT2D eigenvalue weighted by Gasteiger charge is -2.27. The van der Waals surface area contributed by atoms with Gasteiger partial charge in [0.1, 0.15) is 0 Å². The highest BCUT2D eigenvalue weighted by Crippen LogP contribution is 2.18. The largest absolute Gasteiger partial charge is 0.341 e. The minimum absolute atomic E-state index is 0.0318. The maximum atomic E-state index is 12.4. The number of nitrogens with zero attached hydrogens (tertiary/aromatic N) is 4. The molecule has 0 aliphatic carbocycles. The lowest BCUT2D eigenvalue weighted by molar-refractivity contribution is 0.0706. The van der Waals surface area contributed by atoms with E-state index in [1.807, 2.05) is 4.68 Å². The Morgan fingerprint density at radius 1 is 1.23 bits per heavy atom. The predicted octanol–water partition coefficient (Wildman–Crippen LogP) is 0.685. The molecule has 0 saturated carbocycles. The number of rotatable bonds is 2. The van der Waals surface area contributed by atoms with Crippen LogP contribution in [-0.4, -0.2) is 45.2 Å². The molecular weight excluding hydrogens is 284 g/mol. The summed E-state index contributed by atoms with van der Waals surface area (Å²) in [5.41, 5.74) is 1.51. The van der Waals surface area contributed by atoms with Gasteiger partial charge in [-0.05, 0) is 12.1 Å². The Balaban J connectivity index is 1.74. The molecule has 8 nitrogen and oxygen atoms in total. The van der Waals surface area contributed by atoms with Gasteiger partial charge in [0.25, 0.3) is 5.91 Å². The number of hydrogen-bond donors (Lipinski definition) is 2. The lowest BCUT2D eigenvalue weighted by atomic mass is 10.2. The van der Waals surface area contributed by atoms with Crippen molar-refractivity contribution in [1.29, 1.82) is 0 Å². The number of fused-ring (bicyclic) bond motifs is 1. The van der Waals surface area contributed by atoms with Crippen LogP contribution in [0.3, 0.4) is 0 Å². The third-order valence-electron chi connectivity index (χ3n) is 3.48. The molecule has 0 aromatic carbocycles. The maximum Gasteiger partial charge on any atom is 0.320 e. The number of urea groups is 1. The minimum Gasteiger partial charge on any atom is -0.341 e. The van der Waals surface area contributed by atoms with Gasteiger partial charge in [-0.15, -0.1) is 0 Å². The first-order valence-electron chi connectivity index (χ1n) is 6.92. The molecule has 22 heavy (non-hydrogen) atoms. The van der Waals surface area contributed by atoms with E-state index < -0.39 is 0 Å². The quantitative estimate of drug-likeness (QED) is 0.853. The summed E-state index contributed by atoms with van der Waals surface area (Å²) in [7, 11) is 1.54. The molecule has 2 N–H and O–H groups in total. The van der Waals surface area contributed by atoms with Gasteiger partial charge < -0.3 is 10.2 Å². The predicted molar refractivity (Wildman–Crippen MR) is 79.3 cm³/mol. The molecule has 114 valence electrons. The van der Waals surface area contributed by atoms with Crippen LogP contribution in [-0.2, 0) is 13.1 Å². The second kappa shape index (κ2) is 5.84. The van der Waals surface area contributed by atoms with Crippen molar-refractivity contribution in [3.8, 4) is 0 Å². The molecule has 0 spiro atoms. The minimum atomic E-state index is -0.319. The summed E-state index contributed by atoms with van der Waals surface area (Å²) >= 11 is 0. The van der Waals surface area contributed by atoms with Gasteiger partial charge in [0.05, 0.1) is 18.8 Å². The molecule has 0 saturated heterocycles. The molecule has 0 unspecified atom stereocenters. The molecule has 8 heteroatoms. The molecule has 3 rings (SSSR count). The van der Waals surface area contributed by atoms with Crippen LogP contribution in [0.5, 0.6) is 0 Å². The number of anilines is 1. The molecule has 1 aliphatic heterocycles. The summed E-state index contributed by atoms with van der Waals surface area (Å²) in [6.07, 6.45) is 3.21. The molecule has 0 bridgehead atoms. The summed E-state index contributed by atoms with van der Waals surface area (Å²) in [6.45, 7) is 1.64. The number of carbonyl (C=O) groups excluding carboxylic acids is 2. The van der Waals surface area contributed by atoms with E-state index in [2.05, 4.69) is 20.7 Å². The smallest absolute Gasteiger partial charge is 0.320 e. The second-order valence-corrected chi connectivity index (χ2v) is 4.91. The number of nitrogens with one attached hydrogen (secondary N) is 2. The third kappa shape index (κ3) is 2.76. The topological polar surface area (TPSA) is 92.2 Å². The van der Waals surface area contributed by atoms with Gasteiger partial charge >= 0.3 is 6.03 Å². The van der Waals surface area contributed by atoms with E-state index in [0.29, 0.717) is 31.0 Å². The van der Waals surface area contributed by atoms with Crippen molar-refractivity contribution in [3.05, 3.63) is 41.9 Å². The Hall–Kier alpha value is -2.90. The van der Waals surface area contributed by atoms with Crippen molar-refractivity contribution in [2.24, 2.45) is 0 Å². The van der Waals surface area contributed by atoms with Crippen LogP contribution in [0.1, 0.15) is 16.1 Å². The zero-order valence-corrected chi connectivity index (χ0v) is 12.1. The van der Waals surface area contributed by atoms with Crippen molar-refractivity contribution >= 4 is 17.8 Å². The van der Waals surface area contributed by atoms with Gasteiger partial charge in [0, 0.05) is 37.6 Å². The Bertz CT molecular complexity index is 697. The zero-order chi connectivity index (χ0) is 15.5. The first-order valence-corrected chi connectivity index (χ1v) is 6.92. The van der Waals surface area contributed by atoms with Crippen LogP contribution in [0.2, 0.25) is 0 Å². The van der Waals surface area contributed by atoms with Crippen LogP contribution in [0, 0.1) is 0 Å². The van der Waals surface area contributed by atoms with Gasteiger partial charge in [-0.2, -0.15) is 5.10 Å². The number of aromatic nitrogens is 3. The molecule has 2 aromatic heterocycles. The summed E-state index contributed by atoms with van der Waals surface area (Å²) in [4.78, 5) is 29.4. The first kappa shape index (κ1) is 14.1. The van der Waals surface area contributed by atoms with E-state index in [0.717, 1.165) is 5.69 Å². The fraction of sp³-hybridized carbons (Fsp3) is 0.286. The number of carbonyl (C=O) groups is 2. The summed E-state index contributed by atoms with van der Waals surface area (Å²) in [6, 6.07) is 4.86. The average Bonchev–Trinajstić information content (AvgIpc) is 2.96. The van der Waals surface area contributed by atoms with Gasteiger partial charge in [-0.25, -0.2) is 4.79 Å². The van der Waals surface area contributed by atoms with E-state index >= 15 is 0 Å². The van der Waals surface area contributed by atoms with Gasteiger partial charge in [0.2, 0.25) is 0 Å². The molecule has 0 radical (unpaired) electrons. The standard InChI is InChI=1S/C14H16N6O2/c1-15-14(22)17-12-8-11-9-19(6-7-20(11)18-12)13(21)10-2-4-16-5-3-10/h2-5,8H,6-7,9H2,1H3,(H2,15,17,18,22). The SMILES string of the molecule is CNC(=O)Nc1cc2n(n1)CCN(C(=O)c1ccncc1)C2. The van der Waals surface area contributed by atoms with Crippen LogP contribution >= 0.6 is 0 Å². The van der Waals surface area contributed by atoms with Crippen molar-refractivity contribution in [3.63, 3.8) is 0 Å². The lowest BCUT2D eigenvalue weighted by Crippen LogP contribution is -2.38. The number of amides is 3. The van der Waals surface area contributed by atoms with E-state index in [-0.39, 0.29) is 11.9 Å². The Morgan fingerprint density at radius 3 is 2.73 bits per heavy atom. The van der Waals surface area contributed by atoms with Gasteiger partial charge in [0.15, 0.2) is 5.82 Å². The van der Waals surface area contributed by atoms with Crippen molar-refractivity contribution in [2.45, 2.75) is 13.1 Å². The fourth-order valence-corrected chi connectivity index (χ4v) is 2.36. The summed E-state index contributed by atoms with van der Waals surface area (Å²) in [5.74, 6) is 0.447. The van der Waals surface area contributed by atoms with E-state index in [9.17, 15) is 9.59 Å². The highest BCUT2D eigenvalue weighted by Gasteiger charge is 2.23. The molecular formula is C14H16N6O2. The van der Waals surface area contributed by atoms with Gasteiger partial charge in [-0.1, -0.05) is 0 Å². The molecule has 3 amide bonds. The molecule has 3 heterocycles. The second-order valence-electron chi connectivity index (χ2n) is 4.91. The van der Waals surface area contributed by atoms with Crippen LogP contribution in [0.25, 0.3) is 0 Å². The van der Waals surface area contributed by atoms with E-state index in [1.54, 1.807) is 42.5 Å². The normalized spacial score (nSPS) is 13.4. The molecule has 0 atom stereocenters. The average molecular weight is 300 g/mol. The van der Waals surface area contributed by atoms with Crippen LogP contribution in [0.4, 0.5) is 10.6 Å². The summed E-state index contributed by atoms with van der Waals surface area (Å²) in [5, 5.41) is 9.41. The highest BCUT2D eigenvalue weighted by atomic mass is 16.2. The fourth-order valence-electron chi connectivity index (χ4n) is 2.36. The summed E-state index contributed by atoms with van der Waals surface area (Å²) < 4.78 is 1.81. The third-order valence-corrected chi connectivity index (χ3v) is 3.48. The highest BCUT2D eigenvalue weighted by molar-refractivity contribution is 5.94. The van der Waals surface area contributed by atoms with Gasteiger partial charge in [-0.3, -0.25) is 19.8 Å². The Kier molecular flexibility index (Phi) is 3.73. The van der Waals surface area contributed by atoms with E-state index in [4.69, 9.17) is 0 Å². The maximum absolute atomic E-state index is 12.4. The van der Waals surface area contributed by atoms with Crippen LogP contribution < -0.4 is 10.6 Å². The first-order chi connectivity index (χ1) is 10.7. The molecule has 2 aromatic rings. The number of hydrogen-bond acceptors (Lipinski definition) is 4. The monoisotopic (exact) mass is 300 g/mol. The Labute approximate surface area is 127 Å². The zero-order valence-electron chi connectivity index (χ0n) is 12.1. The molecule has 1 aliphatic rings. The van der Waals surface area contributed by atoms with Crippen molar-refractivity contribution in [2.75, 3.05) is 18.9 Å². The van der Waals surface area contributed by atoms with Crippen LogP contribution in [0.15, 0.2) is 30.6 Å². The Morgan fingerprint density at radius 2 is 2.00 bits per heavy atom.